The molecular weight excluding hydrogens is 239 g/mol. The second-order valence-corrected chi connectivity index (χ2v) is 5.19. The van der Waals surface area contributed by atoms with Crippen molar-refractivity contribution in [1.29, 1.82) is 0 Å². The molecule has 5 heteroatoms. The first-order valence-electron chi connectivity index (χ1n) is 4.24. The number of hydrogen-bond donors (Lipinski definition) is 1. The molecule has 0 saturated carbocycles. The minimum Gasteiger partial charge on any atom is -0.359 e. The van der Waals surface area contributed by atoms with Crippen LogP contribution in [0.1, 0.15) is 0 Å². The molecule has 0 aromatic heterocycles. The topological polar surface area (TPSA) is 29.3 Å². The van der Waals surface area contributed by atoms with Crippen LogP contribution in [-0.4, -0.2) is 17.8 Å². The van der Waals surface area contributed by atoms with Crippen molar-refractivity contribution in [3.05, 3.63) is 28.2 Å². The van der Waals surface area contributed by atoms with E-state index in [9.17, 15) is 0 Å². The predicted molar refractivity (Wildman–Crippen MR) is 64.2 cm³/mol. The Balaban J connectivity index is 2.24. The summed E-state index contributed by atoms with van der Waals surface area (Å²) in [6, 6.07) is 5.54. The highest BCUT2D eigenvalue weighted by Crippen LogP contribution is 2.33. The summed E-state index contributed by atoms with van der Waals surface area (Å²) in [4.78, 5) is 2.16. The molecule has 0 amide bonds. The molecule has 1 fully saturated rings. The standard InChI is InChI=1S/C9H10Cl2N2S/c10-6-1-2-8(7(11)3-6)13-4-9(12)14-5-13/h1-3,9H,4-5,12H2. The highest BCUT2D eigenvalue weighted by molar-refractivity contribution is 8.00. The van der Waals surface area contributed by atoms with Gasteiger partial charge in [0.25, 0.3) is 0 Å². The van der Waals surface area contributed by atoms with E-state index in [1.54, 1.807) is 17.8 Å². The van der Waals surface area contributed by atoms with Crippen LogP contribution in [0.5, 0.6) is 0 Å². The van der Waals surface area contributed by atoms with Crippen LogP contribution in [0, 0.1) is 0 Å². The van der Waals surface area contributed by atoms with E-state index in [0.29, 0.717) is 10.0 Å². The molecule has 1 aliphatic heterocycles. The van der Waals surface area contributed by atoms with E-state index in [1.165, 1.54) is 0 Å². The fourth-order valence-corrected chi connectivity index (χ4v) is 2.84. The zero-order valence-electron chi connectivity index (χ0n) is 7.41. The van der Waals surface area contributed by atoms with Gasteiger partial charge in [-0.25, -0.2) is 0 Å². The smallest absolute Gasteiger partial charge is 0.0703 e. The molecule has 2 N–H and O–H groups in total. The fraction of sp³-hybridized carbons (Fsp3) is 0.333. The molecule has 1 unspecified atom stereocenters. The van der Waals surface area contributed by atoms with Gasteiger partial charge in [-0.2, -0.15) is 0 Å². The van der Waals surface area contributed by atoms with Gasteiger partial charge in [0.1, 0.15) is 0 Å². The van der Waals surface area contributed by atoms with Gasteiger partial charge in [0, 0.05) is 11.6 Å². The number of halogens is 2. The molecule has 0 spiro atoms. The van der Waals surface area contributed by atoms with E-state index in [0.717, 1.165) is 18.1 Å². The Labute approximate surface area is 97.3 Å². The Kier molecular flexibility index (Phi) is 3.12. The highest BCUT2D eigenvalue weighted by atomic mass is 35.5. The molecule has 1 aliphatic rings. The quantitative estimate of drug-likeness (QED) is 0.829. The molecule has 0 aliphatic carbocycles. The van der Waals surface area contributed by atoms with Crippen molar-refractivity contribution in [2.75, 3.05) is 17.3 Å². The molecule has 2 nitrogen and oxygen atoms in total. The lowest BCUT2D eigenvalue weighted by molar-refractivity contribution is 0.874. The third-order valence-corrected chi connectivity index (χ3v) is 3.67. The van der Waals surface area contributed by atoms with Crippen molar-refractivity contribution in [2.45, 2.75) is 5.37 Å². The monoisotopic (exact) mass is 248 g/mol. The van der Waals surface area contributed by atoms with E-state index >= 15 is 0 Å². The normalized spacial score (nSPS) is 21.6. The Morgan fingerprint density at radius 1 is 1.43 bits per heavy atom. The number of nitrogens with zero attached hydrogens (tertiary/aromatic N) is 1. The zero-order valence-corrected chi connectivity index (χ0v) is 9.74. The average Bonchev–Trinajstić information content (AvgIpc) is 2.51. The van der Waals surface area contributed by atoms with Crippen molar-refractivity contribution in [2.24, 2.45) is 5.73 Å². The first kappa shape index (κ1) is 10.4. The van der Waals surface area contributed by atoms with E-state index in [1.807, 2.05) is 12.1 Å². The predicted octanol–water partition coefficient (Wildman–Crippen LogP) is 2.79. The van der Waals surface area contributed by atoms with Gasteiger partial charge in [0.2, 0.25) is 0 Å². The fourth-order valence-electron chi connectivity index (χ4n) is 1.41. The summed E-state index contributed by atoms with van der Waals surface area (Å²) in [6.07, 6.45) is 0. The van der Waals surface area contributed by atoms with Gasteiger partial charge in [-0.05, 0) is 18.2 Å². The van der Waals surface area contributed by atoms with Gasteiger partial charge in [-0.3, -0.25) is 0 Å². The Morgan fingerprint density at radius 3 is 2.79 bits per heavy atom. The summed E-state index contributed by atoms with van der Waals surface area (Å²) >= 11 is 13.6. The summed E-state index contributed by atoms with van der Waals surface area (Å²) in [7, 11) is 0. The number of anilines is 1. The largest absolute Gasteiger partial charge is 0.359 e. The first-order chi connectivity index (χ1) is 6.66. The maximum atomic E-state index is 6.08. The van der Waals surface area contributed by atoms with Crippen LogP contribution in [-0.2, 0) is 0 Å². The molecule has 1 heterocycles. The average molecular weight is 249 g/mol. The van der Waals surface area contributed by atoms with E-state index in [4.69, 9.17) is 28.9 Å². The third kappa shape index (κ3) is 2.11. The number of hydrogen-bond acceptors (Lipinski definition) is 3. The van der Waals surface area contributed by atoms with Crippen LogP contribution in [0.25, 0.3) is 0 Å². The highest BCUT2D eigenvalue weighted by Gasteiger charge is 2.21. The Morgan fingerprint density at radius 2 is 2.21 bits per heavy atom. The molecule has 1 aromatic carbocycles. The lowest BCUT2D eigenvalue weighted by Crippen LogP contribution is -2.25. The van der Waals surface area contributed by atoms with Crippen LogP contribution in [0.4, 0.5) is 5.69 Å². The summed E-state index contributed by atoms with van der Waals surface area (Å²) < 4.78 is 0. The maximum Gasteiger partial charge on any atom is 0.0703 e. The van der Waals surface area contributed by atoms with Crippen molar-refractivity contribution < 1.29 is 0 Å². The van der Waals surface area contributed by atoms with Gasteiger partial charge in [-0.15, -0.1) is 11.8 Å². The second-order valence-electron chi connectivity index (χ2n) is 3.15. The van der Waals surface area contributed by atoms with Crippen molar-refractivity contribution in [3.63, 3.8) is 0 Å². The van der Waals surface area contributed by atoms with Gasteiger partial charge < -0.3 is 10.6 Å². The first-order valence-corrected chi connectivity index (χ1v) is 6.04. The van der Waals surface area contributed by atoms with Gasteiger partial charge in [-0.1, -0.05) is 23.2 Å². The van der Waals surface area contributed by atoms with Gasteiger partial charge >= 0.3 is 0 Å². The molecule has 0 radical (unpaired) electrons. The van der Waals surface area contributed by atoms with E-state index in [2.05, 4.69) is 4.90 Å². The lowest BCUT2D eigenvalue weighted by Gasteiger charge is -2.18. The molecule has 1 atom stereocenters. The van der Waals surface area contributed by atoms with Crippen LogP contribution in [0.2, 0.25) is 10.0 Å². The van der Waals surface area contributed by atoms with Gasteiger partial charge in [0.15, 0.2) is 0 Å². The summed E-state index contributed by atoms with van der Waals surface area (Å²) in [5, 5.41) is 1.53. The Hall–Kier alpha value is -0.0900. The van der Waals surface area contributed by atoms with Crippen LogP contribution >= 0.6 is 35.0 Å². The van der Waals surface area contributed by atoms with Crippen molar-refractivity contribution >= 4 is 40.7 Å². The van der Waals surface area contributed by atoms with E-state index in [-0.39, 0.29) is 5.37 Å². The molecule has 76 valence electrons. The van der Waals surface area contributed by atoms with Crippen LogP contribution < -0.4 is 10.6 Å². The zero-order chi connectivity index (χ0) is 10.1. The molecule has 1 saturated heterocycles. The summed E-state index contributed by atoms with van der Waals surface area (Å²) in [5.41, 5.74) is 6.81. The van der Waals surface area contributed by atoms with Crippen molar-refractivity contribution in [1.82, 2.24) is 0 Å². The minimum atomic E-state index is 0.182. The Bertz CT molecular complexity index is 346. The number of thioether (sulfide) groups is 1. The van der Waals surface area contributed by atoms with E-state index < -0.39 is 0 Å². The second kappa shape index (κ2) is 4.19. The molecule has 1 aromatic rings. The van der Waals surface area contributed by atoms with Crippen LogP contribution in [0.3, 0.4) is 0 Å². The molecule has 2 rings (SSSR count). The third-order valence-electron chi connectivity index (χ3n) is 2.10. The maximum absolute atomic E-state index is 6.08. The molecule has 14 heavy (non-hydrogen) atoms. The number of benzene rings is 1. The summed E-state index contributed by atoms with van der Waals surface area (Å²) in [5.74, 6) is 0.891. The number of rotatable bonds is 1. The lowest BCUT2D eigenvalue weighted by atomic mass is 10.3. The van der Waals surface area contributed by atoms with Crippen LogP contribution in [0.15, 0.2) is 18.2 Å². The van der Waals surface area contributed by atoms with Crippen molar-refractivity contribution in [3.8, 4) is 0 Å². The van der Waals surface area contributed by atoms with Gasteiger partial charge in [0.05, 0.1) is 22.0 Å². The number of nitrogens with two attached hydrogens (primary N) is 1. The molecular formula is C9H10Cl2N2S. The summed E-state index contributed by atoms with van der Waals surface area (Å²) in [6.45, 7) is 0.839. The minimum absolute atomic E-state index is 0.182. The molecule has 0 bridgehead atoms. The SMILES string of the molecule is NC1CN(c2ccc(Cl)cc2Cl)CS1.